The number of carboxylic acids is 1. The Balaban J connectivity index is 5.48. The molecule has 0 aliphatic heterocycles. The topological polar surface area (TPSA) is 289 Å². The summed E-state index contributed by atoms with van der Waals surface area (Å²) in [5.41, 5.74) is 26.9. The molecule has 0 aromatic heterocycles. The minimum Gasteiger partial charge on any atom is -0.480 e. The predicted octanol–water partition coefficient (Wildman–Crippen LogP) is -4.14. The number of unbranched alkanes of at least 4 members (excludes halogenated alkanes) is 2. The van der Waals surface area contributed by atoms with Crippen molar-refractivity contribution in [2.24, 2.45) is 28.7 Å². The van der Waals surface area contributed by atoms with Crippen LogP contribution in [-0.4, -0.2) is 77.9 Å². The molecule has 0 radical (unpaired) electrons. The minimum atomic E-state index is -1.68. The van der Waals surface area contributed by atoms with Gasteiger partial charge in [0.1, 0.15) is 18.1 Å². The molecule has 0 aromatic carbocycles. The molecule has 0 aromatic rings. The number of primary amides is 2. The first-order valence-electron chi connectivity index (χ1n) is 11.3. The van der Waals surface area contributed by atoms with Crippen molar-refractivity contribution in [3.8, 4) is 0 Å². The lowest BCUT2D eigenvalue weighted by molar-refractivity contribution is -0.144. The molecule has 4 atom stereocenters. The largest absolute Gasteiger partial charge is 0.480 e. The molecule has 0 saturated heterocycles. The average molecular weight is 503 g/mol. The number of carbonyl (C=O) groups is 6. The molecule has 200 valence electrons. The molecule has 35 heavy (non-hydrogen) atoms. The lowest BCUT2D eigenvalue weighted by atomic mass is 10.0. The molecule has 0 aliphatic rings. The molecule has 0 saturated carbocycles. The first kappa shape index (κ1) is 31.7. The Kier molecular flexibility index (Phi) is 15.6. The molecule has 15 nitrogen and oxygen atoms in total. The monoisotopic (exact) mass is 502 g/mol. The molecule has 14 N–H and O–H groups in total. The van der Waals surface area contributed by atoms with Crippen molar-refractivity contribution in [3.63, 3.8) is 0 Å². The second kappa shape index (κ2) is 17.2. The quantitative estimate of drug-likeness (QED) is 0.0768. The zero-order chi connectivity index (χ0) is 27.0. The Morgan fingerprint density at radius 2 is 1.06 bits per heavy atom. The van der Waals surface area contributed by atoms with Gasteiger partial charge >= 0.3 is 5.97 Å². The molecule has 0 spiro atoms. The van der Waals surface area contributed by atoms with E-state index in [-0.39, 0.29) is 6.42 Å². The maximum absolute atomic E-state index is 12.9. The molecule has 0 fully saturated rings. The van der Waals surface area contributed by atoms with Crippen molar-refractivity contribution in [3.05, 3.63) is 0 Å². The van der Waals surface area contributed by atoms with Crippen LogP contribution in [0.2, 0.25) is 0 Å². The fourth-order valence-corrected chi connectivity index (χ4v) is 3.04. The van der Waals surface area contributed by atoms with Gasteiger partial charge in [-0.3, -0.25) is 24.0 Å². The summed E-state index contributed by atoms with van der Waals surface area (Å²) in [4.78, 5) is 71.8. The lowest BCUT2D eigenvalue weighted by Gasteiger charge is -2.24. The fraction of sp³-hybridized carbons (Fsp3) is 0.700. The number of nitrogens with two attached hydrogens (primary N) is 5. The van der Waals surface area contributed by atoms with E-state index in [4.69, 9.17) is 28.7 Å². The van der Waals surface area contributed by atoms with Crippen LogP contribution in [-0.2, 0) is 28.8 Å². The van der Waals surface area contributed by atoms with Gasteiger partial charge in [-0.25, -0.2) is 4.79 Å². The zero-order valence-electron chi connectivity index (χ0n) is 19.7. The molecule has 15 heteroatoms. The number of amides is 5. The summed E-state index contributed by atoms with van der Waals surface area (Å²) in [5.74, 6) is -5.96. The number of nitrogens with one attached hydrogen (secondary N) is 3. The smallest absolute Gasteiger partial charge is 0.326 e. The van der Waals surface area contributed by atoms with Gasteiger partial charge in [0.05, 0.1) is 18.9 Å². The summed E-state index contributed by atoms with van der Waals surface area (Å²) in [6, 6.07) is -5.25. The van der Waals surface area contributed by atoms with Gasteiger partial charge in [0.25, 0.3) is 0 Å². The highest BCUT2D eigenvalue weighted by molar-refractivity contribution is 5.96. The van der Waals surface area contributed by atoms with Gasteiger partial charge in [-0.1, -0.05) is 6.42 Å². The summed E-state index contributed by atoms with van der Waals surface area (Å²) in [5, 5.41) is 16.1. The molecule has 5 amide bonds. The van der Waals surface area contributed by atoms with Gasteiger partial charge in [0.15, 0.2) is 0 Å². The van der Waals surface area contributed by atoms with Crippen LogP contribution in [0.3, 0.4) is 0 Å². The summed E-state index contributed by atoms with van der Waals surface area (Å²) in [7, 11) is 0. The first-order chi connectivity index (χ1) is 16.4. The molecule has 4 unspecified atom stereocenters. The number of carboxylic acid groups (broad SMARTS) is 1. The van der Waals surface area contributed by atoms with E-state index in [1.54, 1.807) is 0 Å². The Bertz CT molecular complexity index is 749. The van der Waals surface area contributed by atoms with Crippen LogP contribution in [0.15, 0.2) is 0 Å². The van der Waals surface area contributed by atoms with E-state index in [1.807, 2.05) is 5.32 Å². The van der Waals surface area contributed by atoms with Crippen LogP contribution < -0.4 is 44.6 Å². The highest BCUT2D eigenvalue weighted by atomic mass is 16.4. The summed E-state index contributed by atoms with van der Waals surface area (Å²) < 4.78 is 0. The fourth-order valence-electron chi connectivity index (χ4n) is 3.04. The molecule has 0 bridgehead atoms. The molecular formula is C20H38N8O7. The standard InChI is InChI=1S/C20H38N8O7/c21-7-3-1-5-11(23)17(31)26-12(6-2-4-8-22)18(32)27-13(9-15(24)29)19(33)28-14(20(34)35)10-16(25)30/h11-14H,1-10,21-23H2,(H2,24,29)(H2,25,30)(H,26,31)(H,27,32)(H,28,33)(H,34,35). The summed E-state index contributed by atoms with van der Waals surface area (Å²) in [6.07, 6.45) is 1.45. The molecule has 0 heterocycles. The molecule has 0 rings (SSSR count). The molecule has 0 aliphatic carbocycles. The lowest BCUT2D eigenvalue weighted by Crippen LogP contribution is -2.58. The van der Waals surface area contributed by atoms with Gasteiger partial charge in [-0.05, 0) is 45.2 Å². The second-order valence-electron chi connectivity index (χ2n) is 8.04. The highest BCUT2D eigenvalue weighted by Gasteiger charge is 2.31. The Morgan fingerprint density at radius 3 is 1.54 bits per heavy atom. The summed E-state index contributed by atoms with van der Waals surface area (Å²) in [6.45, 7) is 0.800. The Labute approximate surface area is 203 Å². The minimum absolute atomic E-state index is 0.161. The van der Waals surface area contributed by atoms with E-state index in [0.717, 1.165) is 0 Å². The van der Waals surface area contributed by atoms with E-state index in [1.165, 1.54) is 0 Å². The SMILES string of the molecule is NCCCCC(N)C(=O)NC(CCCCN)C(=O)NC(CC(N)=O)C(=O)NC(CC(N)=O)C(=O)O. The summed E-state index contributed by atoms with van der Waals surface area (Å²) >= 11 is 0. The maximum atomic E-state index is 12.9. The average Bonchev–Trinajstić information content (AvgIpc) is 2.76. The predicted molar refractivity (Wildman–Crippen MR) is 125 cm³/mol. The van der Waals surface area contributed by atoms with Crippen molar-refractivity contribution in [2.75, 3.05) is 13.1 Å². The van der Waals surface area contributed by atoms with Gasteiger partial charge in [0, 0.05) is 0 Å². The van der Waals surface area contributed by atoms with Crippen molar-refractivity contribution < 1.29 is 33.9 Å². The highest BCUT2D eigenvalue weighted by Crippen LogP contribution is 2.06. The van der Waals surface area contributed by atoms with E-state index in [9.17, 15) is 33.9 Å². The van der Waals surface area contributed by atoms with Gasteiger partial charge in [-0.2, -0.15) is 0 Å². The Morgan fingerprint density at radius 1 is 0.629 bits per heavy atom. The van der Waals surface area contributed by atoms with Crippen LogP contribution in [0.4, 0.5) is 0 Å². The van der Waals surface area contributed by atoms with E-state index >= 15 is 0 Å². The van der Waals surface area contributed by atoms with Crippen LogP contribution in [0, 0.1) is 0 Å². The number of hydrogen-bond acceptors (Lipinski definition) is 9. The second-order valence-corrected chi connectivity index (χ2v) is 8.04. The normalized spacial score (nSPS) is 14.1. The number of rotatable bonds is 19. The Hall–Kier alpha value is -3.30. The maximum Gasteiger partial charge on any atom is 0.326 e. The number of hydrogen-bond donors (Lipinski definition) is 9. The zero-order valence-corrected chi connectivity index (χ0v) is 19.7. The molecular weight excluding hydrogens is 464 g/mol. The van der Waals surface area contributed by atoms with Crippen molar-refractivity contribution >= 4 is 35.5 Å². The number of aliphatic carboxylic acids is 1. The van der Waals surface area contributed by atoms with Crippen molar-refractivity contribution in [1.29, 1.82) is 0 Å². The third-order valence-electron chi connectivity index (χ3n) is 4.94. The number of carbonyl (C=O) groups excluding carboxylic acids is 5. The van der Waals surface area contributed by atoms with Crippen molar-refractivity contribution in [2.45, 2.75) is 75.5 Å². The van der Waals surface area contributed by atoms with Crippen LogP contribution in [0.5, 0.6) is 0 Å². The van der Waals surface area contributed by atoms with Gasteiger partial charge in [-0.15, -0.1) is 0 Å². The van der Waals surface area contributed by atoms with E-state index < -0.39 is 72.5 Å². The van der Waals surface area contributed by atoms with E-state index in [2.05, 4.69) is 10.6 Å². The van der Waals surface area contributed by atoms with Gasteiger partial charge < -0.3 is 49.7 Å². The van der Waals surface area contributed by atoms with Gasteiger partial charge in [0.2, 0.25) is 29.5 Å². The van der Waals surface area contributed by atoms with Crippen LogP contribution in [0.1, 0.15) is 51.4 Å². The van der Waals surface area contributed by atoms with Crippen LogP contribution >= 0.6 is 0 Å². The van der Waals surface area contributed by atoms with Crippen LogP contribution in [0.25, 0.3) is 0 Å². The third kappa shape index (κ3) is 13.9. The van der Waals surface area contributed by atoms with E-state index in [0.29, 0.717) is 45.2 Å². The van der Waals surface area contributed by atoms with Crippen molar-refractivity contribution in [1.82, 2.24) is 16.0 Å². The first-order valence-corrected chi connectivity index (χ1v) is 11.3. The third-order valence-corrected chi connectivity index (χ3v) is 4.94.